The van der Waals surface area contributed by atoms with Crippen LogP contribution in [0.2, 0.25) is 0 Å². The number of benzene rings is 6. The van der Waals surface area contributed by atoms with Gasteiger partial charge >= 0.3 is 15.2 Å². The Kier molecular flexibility index (Phi) is 19.5. The minimum atomic E-state index is -3.92. The van der Waals surface area contributed by atoms with Crippen LogP contribution in [-0.2, 0) is 52.9 Å². The van der Waals surface area contributed by atoms with Crippen molar-refractivity contribution < 1.29 is 46.9 Å². The first-order valence-electron chi connectivity index (χ1n) is 26.1. The van der Waals surface area contributed by atoms with Crippen molar-refractivity contribution in [3.05, 3.63) is 188 Å². The minimum absolute atomic E-state index is 0.0870. The van der Waals surface area contributed by atoms with E-state index in [9.17, 15) is 10.2 Å². The highest BCUT2D eigenvalue weighted by Crippen LogP contribution is 2.62. The fraction of sp³-hybridized carbons (Fsp3) is 0.400. The molecule has 4 N–H and O–H groups in total. The second kappa shape index (κ2) is 25.5. The van der Waals surface area contributed by atoms with Crippen LogP contribution < -0.4 is 20.1 Å². The second-order valence-electron chi connectivity index (χ2n) is 19.4. The molecule has 0 spiro atoms. The zero-order valence-corrected chi connectivity index (χ0v) is 46.5. The van der Waals surface area contributed by atoms with E-state index in [1.54, 1.807) is 27.7 Å². The number of hydrogen-bond donors (Lipinski definition) is 4. The van der Waals surface area contributed by atoms with Gasteiger partial charge in [0, 0.05) is 37.8 Å². The van der Waals surface area contributed by atoms with E-state index >= 15 is 9.13 Å². The third-order valence-corrected chi connectivity index (χ3v) is 17.7. The smallest absolute Gasteiger partial charge is 0.351 e. The van der Waals surface area contributed by atoms with Gasteiger partial charge in [0.1, 0.15) is 34.6 Å². The molecule has 0 radical (unpaired) electrons. The van der Waals surface area contributed by atoms with Crippen LogP contribution in [0.1, 0.15) is 160 Å². The summed E-state index contributed by atoms with van der Waals surface area (Å²) in [5.74, 6) is -0.489. The zero-order chi connectivity index (χ0) is 53.2. The van der Waals surface area contributed by atoms with Gasteiger partial charge in [-0.2, -0.15) is 0 Å². The van der Waals surface area contributed by atoms with Gasteiger partial charge in [-0.05, 0) is 160 Å². The van der Waals surface area contributed by atoms with Gasteiger partial charge in [-0.3, -0.25) is 19.8 Å². The van der Waals surface area contributed by atoms with Crippen LogP contribution in [0, 0.1) is 0 Å². The molecule has 0 aromatic heterocycles. The number of nitrogens with one attached hydrogen (secondary N) is 2. The Morgan fingerprint density at radius 2 is 0.703 bits per heavy atom. The largest absolute Gasteiger partial charge is 0.507 e. The van der Waals surface area contributed by atoms with Crippen molar-refractivity contribution in [3.8, 4) is 23.0 Å². The number of phenols is 2. The molecule has 0 saturated carbocycles. The molecule has 8 bridgehead atoms. The van der Waals surface area contributed by atoms with Crippen LogP contribution in [0.4, 0.5) is 0 Å². The van der Waals surface area contributed by atoms with E-state index in [1.807, 2.05) is 163 Å². The van der Waals surface area contributed by atoms with Crippen molar-refractivity contribution in [2.24, 2.45) is 0 Å². The summed E-state index contributed by atoms with van der Waals surface area (Å²) >= 11 is 0. The van der Waals surface area contributed by atoms with Gasteiger partial charge in [0.2, 0.25) is 0 Å². The van der Waals surface area contributed by atoms with Crippen LogP contribution in [-0.4, -0.2) is 48.8 Å². The predicted octanol–water partition coefficient (Wildman–Crippen LogP) is 14.6. The fourth-order valence-corrected chi connectivity index (χ4v) is 13.9. The first-order chi connectivity index (χ1) is 35.5. The molecule has 1 aliphatic carbocycles. The Bertz CT molecular complexity index is 2610. The first kappa shape index (κ1) is 56.5. The van der Waals surface area contributed by atoms with Gasteiger partial charge in [-0.1, -0.05) is 97.1 Å². The van der Waals surface area contributed by atoms with E-state index in [2.05, 4.69) is 10.6 Å². The van der Waals surface area contributed by atoms with Crippen molar-refractivity contribution in [1.29, 1.82) is 0 Å². The molecule has 0 amide bonds. The lowest BCUT2D eigenvalue weighted by molar-refractivity contribution is 0.204. The van der Waals surface area contributed by atoms with Crippen molar-refractivity contribution in [1.82, 2.24) is 10.6 Å². The molecule has 4 atom stereocenters. The summed E-state index contributed by atoms with van der Waals surface area (Å²) < 4.78 is 68.4. The number of hydrogen-bond acceptors (Lipinski definition) is 12. The predicted molar refractivity (Wildman–Crippen MR) is 295 cm³/mol. The Morgan fingerprint density at radius 3 is 0.959 bits per heavy atom. The molecule has 0 aliphatic heterocycles. The van der Waals surface area contributed by atoms with Gasteiger partial charge < -0.3 is 37.8 Å². The van der Waals surface area contributed by atoms with Gasteiger partial charge in [-0.25, -0.2) is 0 Å². The third kappa shape index (κ3) is 13.4. The summed E-state index contributed by atoms with van der Waals surface area (Å²) in [6, 6.07) is 38.8. The zero-order valence-electron chi connectivity index (χ0n) is 44.7. The fourth-order valence-electron chi connectivity index (χ4n) is 9.84. The van der Waals surface area contributed by atoms with Crippen molar-refractivity contribution >= 4 is 15.2 Å². The average molecular weight is 1050 g/mol. The van der Waals surface area contributed by atoms with E-state index in [1.165, 1.54) is 0 Å². The lowest BCUT2D eigenvalue weighted by Crippen LogP contribution is -2.27. The Hall–Kier alpha value is -5.26. The maximum absolute atomic E-state index is 15.2. The number of para-hydroxylation sites is 2. The summed E-state index contributed by atoms with van der Waals surface area (Å²) in [5, 5.41) is 32.5. The molecule has 396 valence electrons. The molecular weight excluding hydrogens is 971 g/mol. The molecule has 12 nitrogen and oxygen atoms in total. The van der Waals surface area contributed by atoms with Gasteiger partial charge in [0.25, 0.3) is 0 Å². The highest BCUT2D eigenvalue weighted by molar-refractivity contribution is 7.54. The Balaban J connectivity index is 1.49. The van der Waals surface area contributed by atoms with Crippen molar-refractivity contribution in [2.45, 2.75) is 131 Å². The van der Waals surface area contributed by atoms with Crippen LogP contribution in [0.3, 0.4) is 0 Å². The van der Waals surface area contributed by atoms with E-state index in [-0.39, 0.29) is 87.9 Å². The first-order valence-corrected chi connectivity index (χ1v) is 29.4. The average Bonchev–Trinajstić information content (AvgIpc) is 3.36. The summed E-state index contributed by atoms with van der Waals surface area (Å²) in [4.78, 5) is 0. The highest BCUT2D eigenvalue weighted by atomic mass is 31.2. The summed E-state index contributed by atoms with van der Waals surface area (Å²) in [7, 11) is -7.83. The number of ether oxygens (including phenoxy) is 2. The van der Waals surface area contributed by atoms with E-state index in [0.717, 1.165) is 33.4 Å². The lowest BCUT2D eigenvalue weighted by Gasteiger charge is -2.31. The lowest BCUT2D eigenvalue weighted by atomic mass is 9.89. The van der Waals surface area contributed by atoms with Gasteiger partial charge in [-0.15, -0.1) is 0 Å². The quantitative estimate of drug-likeness (QED) is 0.0478. The van der Waals surface area contributed by atoms with E-state index in [0.29, 0.717) is 44.9 Å². The normalized spacial score (nSPS) is 14.6. The molecule has 0 fully saturated rings. The molecule has 0 unspecified atom stereocenters. The Labute approximate surface area is 439 Å². The Morgan fingerprint density at radius 1 is 0.419 bits per heavy atom. The molecule has 6 aromatic carbocycles. The maximum Gasteiger partial charge on any atom is 0.351 e. The molecule has 0 heterocycles. The summed E-state index contributed by atoms with van der Waals surface area (Å²) in [6.45, 7) is 19.7. The minimum Gasteiger partial charge on any atom is -0.507 e. The van der Waals surface area contributed by atoms with Crippen LogP contribution >= 0.6 is 15.2 Å². The SMILES string of the molecule is CCOP(=O)(OCC)[C@H](N[C@H](C)c1ccccc1)c1cc2c(O)c(c1)Cc1cccc(c1OC(C)C)Cc1cc([C@@H](N[C@H](C)c3ccccc3)P(=O)(OCC)OCC)cc(c1O)Cc1cccc(c1OC(C)C)C2. The molecular formula is C60H76N2O10P2. The second-order valence-corrected chi connectivity index (χ2v) is 23.6. The maximum atomic E-state index is 15.2. The van der Waals surface area contributed by atoms with Crippen LogP contribution in [0.5, 0.6) is 23.0 Å². The number of aromatic hydroxyl groups is 2. The molecule has 6 aromatic rings. The monoisotopic (exact) mass is 1050 g/mol. The van der Waals surface area contributed by atoms with Crippen molar-refractivity contribution in [3.63, 3.8) is 0 Å². The van der Waals surface area contributed by atoms with Gasteiger partial charge in [0.05, 0.1) is 38.6 Å². The number of rotatable bonds is 22. The summed E-state index contributed by atoms with van der Waals surface area (Å²) in [6.07, 6.45) is 0.392. The summed E-state index contributed by atoms with van der Waals surface area (Å²) in [5.41, 5.74) is 8.70. The molecule has 0 saturated heterocycles. The topological polar surface area (TPSA) is 154 Å². The number of fused-ring (bicyclic) bond motifs is 8. The van der Waals surface area contributed by atoms with E-state index in [4.69, 9.17) is 27.6 Å². The molecule has 74 heavy (non-hydrogen) atoms. The molecule has 1 aliphatic rings. The third-order valence-electron chi connectivity index (χ3n) is 13.1. The van der Waals surface area contributed by atoms with Crippen LogP contribution in [0.15, 0.2) is 121 Å². The van der Waals surface area contributed by atoms with E-state index < -0.39 is 26.8 Å². The van der Waals surface area contributed by atoms with Crippen LogP contribution in [0.25, 0.3) is 0 Å². The highest BCUT2D eigenvalue weighted by Gasteiger charge is 2.41. The standard InChI is InChI=1S/C60H76N2O10P2/c1-11-67-73(65,68-12-2)59(61-41(9)43-23-17-15-18-24-43)53-35-49-31-45-27-21-29-47(57(45)71-39(5)6)33-51-37-54(60(74(66,69-13-3)70-14-4)62-42(10)44-25-19-16-20-26-44)38-52(56(51)64)34-48-30-22-28-46(58(48)72-40(7)8)32-50(36-53)55(49)63/h15-30,35-42,59-64H,11-14,31-34H2,1-10H3/t41-,42-,59+,60+/m1/s1. The van der Waals surface area contributed by atoms with Gasteiger partial charge in [0.15, 0.2) is 0 Å². The molecule has 14 heteroatoms. The van der Waals surface area contributed by atoms with Crippen molar-refractivity contribution in [2.75, 3.05) is 26.4 Å². The molecule has 7 rings (SSSR count). The number of phenolic OH excluding ortho intramolecular Hbond substituents is 2.